The van der Waals surface area contributed by atoms with Crippen molar-refractivity contribution in [1.29, 1.82) is 0 Å². The second kappa shape index (κ2) is 2.34. The first kappa shape index (κ1) is 8.28. The van der Waals surface area contributed by atoms with Gasteiger partial charge in [0.25, 0.3) is 0 Å². The Bertz CT molecular complexity index is 268. The maximum Gasteiger partial charge on any atom is 0.249 e. The standard InChI is InChI=1S/C7H9IN2O2/c1-4-2-5(11)10(8)7(4)3-9-6(7)12/h4H,2-3H2,1H3,(H,9,12)/t4-,7?/m0/s1. The number of nitrogens with one attached hydrogen (secondary N) is 1. The van der Waals surface area contributed by atoms with Gasteiger partial charge >= 0.3 is 0 Å². The smallest absolute Gasteiger partial charge is 0.249 e. The van der Waals surface area contributed by atoms with Crippen LogP contribution in [0.5, 0.6) is 0 Å². The van der Waals surface area contributed by atoms with E-state index in [-0.39, 0.29) is 17.7 Å². The third kappa shape index (κ3) is 0.725. The third-order valence-electron chi connectivity index (χ3n) is 2.78. The molecule has 2 aliphatic heterocycles. The van der Waals surface area contributed by atoms with Crippen molar-refractivity contribution in [1.82, 2.24) is 8.43 Å². The molecule has 0 bridgehead atoms. The van der Waals surface area contributed by atoms with Gasteiger partial charge in [0.15, 0.2) is 5.54 Å². The molecule has 2 aliphatic rings. The van der Waals surface area contributed by atoms with Crippen LogP contribution in [0.3, 0.4) is 0 Å². The molecule has 2 amide bonds. The summed E-state index contributed by atoms with van der Waals surface area (Å²) in [6, 6.07) is 0. The van der Waals surface area contributed by atoms with Crippen molar-refractivity contribution in [2.75, 3.05) is 6.54 Å². The van der Waals surface area contributed by atoms with Gasteiger partial charge in [0, 0.05) is 6.42 Å². The molecule has 1 N–H and O–H groups in total. The van der Waals surface area contributed by atoms with Crippen molar-refractivity contribution in [3.05, 3.63) is 0 Å². The molecule has 0 aromatic heterocycles. The first-order valence-corrected chi connectivity index (χ1v) is 4.82. The van der Waals surface area contributed by atoms with Gasteiger partial charge in [-0.05, 0) is 5.92 Å². The molecule has 5 heteroatoms. The topological polar surface area (TPSA) is 49.4 Å². The van der Waals surface area contributed by atoms with E-state index in [1.165, 1.54) is 0 Å². The quantitative estimate of drug-likeness (QED) is 0.388. The Labute approximate surface area is 84.2 Å². The second-order valence-corrected chi connectivity index (χ2v) is 4.35. The van der Waals surface area contributed by atoms with Gasteiger partial charge in [-0.3, -0.25) is 12.7 Å². The van der Waals surface area contributed by atoms with Gasteiger partial charge in [0.2, 0.25) is 11.8 Å². The SMILES string of the molecule is C[C@H]1CC(=O)N(I)C12CNC2=O. The van der Waals surface area contributed by atoms with Gasteiger partial charge in [-0.15, -0.1) is 0 Å². The minimum absolute atomic E-state index is 0.00440. The zero-order valence-electron chi connectivity index (χ0n) is 6.63. The zero-order chi connectivity index (χ0) is 8.93. The summed E-state index contributed by atoms with van der Waals surface area (Å²) >= 11 is 1.94. The summed E-state index contributed by atoms with van der Waals surface area (Å²) in [6.45, 7) is 2.57. The molecule has 0 saturated carbocycles. The lowest BCUT2D eigenvalue weighted by atomic mass is 9.81. The van der Waals surface area contributed by atoms with E-state index in [0.29, 0.717) is 13.0 Å². The Hall–Kier alpha value is -0.330. The van der Waals surface area contributed by atoms with E-state index in [0.717, 1.165) is 0 Å². The van der Waals surface area contributed by atoms with Crippen molar-refractivity contribution >= 4 is 34.7 Å². The summed E-state index contributed by atoms with van der Waals surface area (Å²) in [6.07, 6.45) is 0.496. The maximum absolute atomic E-state index is 11.3. The molecule has 2 saturated heterocycles. The summed E-state index contributed by atoms with van der Waals surface area (Å²) < 4.78 is 1.56. The van der Waals surface area contributed by atoms with Crippen molar-refractivity contribution in [3.8, 4) is 0 Å². The van der Waals surface area contributed by atoms with Crippen LogP contribution in [0.1, 0.15) is 13.3 Å². The predicted octanol–water partition coefficient (Wildman–Crippen LogP) is 0.0734. The normalized spacial score (nSPS) is 40.2. The summed E-state index contributed by atoms with van der Waals surface area (Å²) in [5.41, 5.74) is -0.516. The highest BCUT2D eigenvalue weighted by atomic mass is 127. The van der Waals surface area contributed by atoms with E-state index in [2.05, 4.69) is 5.32 Å². The van der Waals surface area contributed by atoms with Crippen LogP contribution in [-0.2, 0) is 9.59 Å². The van der Waals surface area contributed by atoms with Crippen molar-refractivity contribution < 1.29 is 9.59 Å². The molecule has 1 unspecified atom stereocenters. The molecule has 0 radical (unpaired) electrons. The van der Waals surface area contributed by atoms with E-state index in [1.54, 1.807) is 3.11 Å². The highest BCUT2D eigenvalue weighted by Gasteiger charge is 2.60. The number of rotatable bonds is 0. The lowest BCUT2D eigenvalue weighted by Gasteiger charge is -2.43. The Morgan fingerprint density at radius 2 is 2.33 bits per heavy atom. The van der Waals surface area contributed by atoms with Crippen LogP contribution in [0, 0.1) is 5.92 Å². The van der Waals surface area contributed by atoms with Crippen LogP contribution in [0.15, 0.2) is 0 Å². The number of carbonyl (C=O) groups excluding carboxylic acids is 2. The van der Waals surface area contributed by atoms with Gasteiger partial charge in [-0.2, -0.15) is 0 Å². The van der Waals surface area contributed by atoms with Gasteiger partial charge in [-0.25, -0.2) is 0 Å². The van der Waals surface area contributed by atoms with E-state index in [9.17, 15) is 9.59 Å². The maximum atomic E-state index is 11.3. The third-order valence-corrected chi connectivity index (χ3v) is 4.18. The van der Waals surface area contributed by atoms with Crippen LogP contribution in [0.25, 0.3) is 0 Å². The van der Waals surface area contributed by atoms with Gasteiger partial charge in [-0.1, -0.05) is 6.92 Å². The van der Waals surface area contributed by atoms with Crippen LogP contribution in [0.2, 0.25) is 0 Å². The minimum Gasteiger partial charge on any atom is -0.351 e. The molecule has 0 aromatic rings. The lowest BCUT2D eigenvalue weighted by Crippen LogP contribution is -2.71. The van der Waals surface area contributed by atoms with E-state index in [4.69, 9.17) is 0 Å². The highest BCUT2D eigenvalue weighted by molar-refractivity contribution is 14.1. The molecule has 1 spiro atoms. The fourth-order valence-corrected chi connectivity index (χ4v) is 2.89. The Morgan fingerprint density at radius 3 is 2.50 bits per heavy atom. The fourth-order valence-electron chi connectivity index (χ4n) is 1.83. The van der Waals surface area contributed by atoms with Crippen molar-refractivity contribution in [3.63, 3.8) is 0 Å². The molecular weight excluding hydrogens is 271 g/mol. The Morgan fingerprint density at radius 1 is 1.67 bits per heavy atom. The lowest BCUT2D eigenvalue weighted by molar-refractivity contribution is -0.142. The highest BCUT2D eigenvalue weighted by Crippen LogP contribution is 2.41. The minimum atomic E-state index is -0.516. The number of hydrogen-bond acceptors (Lipinski definition) is 2. The Kier molecular flexibility index (Phi) is 1.61. The van der Waals surface area contributed by atoms with Crippen LogP contribution in [0.4, 0.5) is 0 Å². The summed E-state index contributed by atoms with van der Waals surface area (Å²) in [5, 5.41) is 2.68. The van der Waals surface area contributed by atoms with Crippen molar-refractivity contribution in [2.24, 2.45) is 5.92 Å². The number of carbonyl (C=O) groups is 2. The first-order chi connectivity index (χ1) is 5.59. The molecule has 0 aromatic carbocycles. The average molecular weight is 280 g/mol. The molecule has 2 rings (SSSR count). The number of amides is 2. The van der Waals surface area contributed by atoms with Gasteiger partial charge in [0.05, 0.1) is 29.4 Å². The molecule has 0 aliphatic carbocycles. The number of nitrogens with zero attached hydrogens (tertiary/aromatic N) is 1. The number of halogens is 1. The van der Waals surface area contributed by atoms with E-state index >= 15 is 0 Å². The summed E-state index contributed by atoms with van der Waals surface area (Å²) in [7, 11) is 0. The second-order valence-electron chi connectivity index (χ2n) is 3.39. The Balaban J connectivity index is 2.35. The van der Waals surface area contributed by atoms with E-state index < -0.39 is 5.54 Å². The summed E-state index contributed by atoms with van der Waals surface area (Å²) in [4.78, 5) is 22.6. The zero-order valence-corrected chi connectivity index (χ0v) is 8.79. The molecule has 12 heavy (non-hydrogen) atoms. The van der Waals surface area contributed by atoms with Crippen LogP contribution in [-0.4, -0.2) is 27.0 Å². The molecule has 2 fully saturated rings. The molecule has 2 heterocycles. The van der Waals surface area contributed by atoms with Gasteiger partial charge in [0.1, 0.15) is 0 Å². The van der Waals surface area contributed by atoms with E-state index in [1.807, 2.05) is 29.8 Å². The fraction of sp³-hybridized carbons (Fsp3) is 0.714. The van der Waals surface area contributed by atoms with Gasteiger partial charge < -0.3 is 5.32 Å². The van der Waals surface area contributed by atoms with Crippen molar-refractivity contribution in [2.45, 2.75) is 18.9 Å². The van der Waals surface area contributed by atoms with Crippen LogP contribution < -0.4 is 5.32 Å². The molecule has 4 nitrogen and oxygen atoms in total. The molecule has 66 valence electrons. The largest absolute Gasteiger partial charge is 0.351 e. The average Bonchev–Trinajstić information content (AvgIpc) is 2.23. The number of β-lactam (4-membered cyclic amide) rings is 1. The number of hydrogen-bond donors (Lipinski definition) is 1. The predicted molar refractivity (Wildman–Crippen MR) is 50.4 cm³/mol. The van der Waals surface area contributed by atoms with Crippen LogP contribution >= 0.6 is 22.9 Å². The summed E-state index contributed by atoms with van der Waals surface area (Å²) in [5.74, 6) is 0.212. The first-order valence-electron chi connectivity index (χ1n) is 3.86. The molecule has 2 atom stereocenters. The molecular formula is C7H9IN2O2. The monoisotopic (exact) mass is 280 g/mol.